The van der Waals surface area contributed by atoms with Gasteiger partial charge in [0, 0.05) is 43.7 Å². The van der Waals surface area contributed by atoms with Gasteiger partial charge in [-0.1, -0.05) is 0 Å². The van der Waals surface area contributed by atoms with E-state index in [0.29, 0.717) is 24.5 Å². The molecule has 1 amide bonds. The first kappa shape index (κ1) is 16.0. The Hall–Kier alpha value is -2.38. The highest BCUT2D eigenvalue weighted by molar-refractivity contribution is 5.73. The molecule has 2 rings (SSSR count). The van der Waals surface area contributed by atoms with Crippen molar-refractivity contribution in [2.45, 2.75) is 39.2 Å². The van der Waals surface area contributed by atoms with E-state index in [-0.39, 0.29) is 24.3 Å². The van der Waals surface area contributed by atoms with Gasteiger partial charge in [-0.15, -0.1) is 0 Å². The zero-order valence-corrected chi connectivity index (χ0v) is 12.8. The SMILES string of the molecule is CC(=O)N[C@@H]1CCN(c2nc(N)nc(C)c2CCC(=O)O)C1. The van der Waals surface area contributed by atoms with Crippen LogP contribution in [0.2, 0.25) is 0 Å². The summed E-state index contributed by atoms with van der Waals surface area (Å²) in [6, 6.07) is 0.0707. The van der Waals surface area contributed by atoms with Crippen molar-refractivity contribution in [2.75, 3.05) is 23.7 Å². The van der Waals surface area contributed by atoms with Gasteiger partial charge in [-0.25, -0.2) is 4.98 Å². The fourth-order valence-corrected chi connectivity index (χ4v) is 2.75. The number of nitrogens with two attached hydrogens (primary N) is 1. The van der Waals surface area contributed by atoms with Gasteiger partial charge in [0.25, 0.3) is 0 Å². The van der Waals surface area contributed by atoms with Crippen LogP contribution in [0.4, 0.5) is 11.8 Å². The number of hydrogen-bond donors (Lipinski definition) is 3. The van der Waals surface area contributed by atoms with Crippen LogP contribution in [0, 0.1) is 6.92 Å². The van der Waals surface area contributed by atoms with E-state index in [2.05, 4.69) is 15.3 Å². The van der Waals surface area contributed by atoms with E-state index in [1.165, 1.54) is 6.92 Å². The van der Waals surface area contributed by atoms with Crippen LogP contribution >= 0.6 is 0 Å². The number of anilines is 2. The smallest absolute Gasteiger partial charge is 0.303 e. The maximum absolute atomic E-state index is 11.2. The zero-order valence-electron chi connectivity index (χ0n) is 12.8. The number of aliphatic carboxylic acids is 1. The first-order chi connectivity index (χ1) is 10.4. The van der Waals surface area contributed by atoms with E-state index in [9.17, 15) is 9.59 Å². The fourth-order valence-electron chi connectivity index (χ4n) is 2.75. The number of aromatic nitrogens is 2. The van der Waals surface area contributed by atoms with Crippen LogP contribution < -0.4 is 16.0 Å². The van der Waals surface area contributed by atoms with Gasteiger partial charge >= 0.3 is 5.97 Å². The summed E-state index contributed by atoms with van der Waals surface area (Å²) in [5, 5.41) is 11.8. The molecule has 1 aliphatic heterocycles. The largest absolute Gasteiger partial charge is 0.481 e. The Balaban J connectivity index is 2.22. The lowest BCUT2D eigenvalue weighted by molar-refractivity contribution is -0.137. The summed E-state index contributed by atoms with van der Waals surface area (Å²) in [4.78, 5) is 32.4. The highest BCUT2D eigenvalue weighted by Crippen LogP contribution is 2.26. The zero-order chi connectivity index (χ0) is 16.3. The number of carbonyl (C=O) groups excluding carboxylic acids is 1. The van der Waals surface area contributed by atoms with Crippen molar-refractivity contribution in [1.29, 1.82) is 0 Å². The van der Waals surface area contributed by atoms with E-state index in [0.717, 1.165) is 18.5 Å². The van der Waals surface area contributed by atoms with E-state index in [4.69, 9.17) is 10.8 Å². The van der Waals surface area contributed by atoms with Crippen LogP contribution in [0.25, 0.3) is 0 Å². The van der Waals surface area contributed by atoms with Crippen LogP contribution in [0.15, 0.2) is 0 Å². The van der Waals surface area contributed by atoms with Gasteiger partial charge in [0.1, 0.15) is 5.82 Å². The molecule has 0 bridgehead atoms. The molecule has 1 fully saturated rings. The standard InChI is InChI=1S/C14H21N5O3/c1-8-11(3-4-12(21)22)13(18-14(15)16-8)19-6-5-10(7-19)17-9(2)20/h10H,3-7H2,1-2H3,(H,17,20)(H,21,22)(H2,15,16,18)/t10-/m1/s1. The second-order valence-electron chi connectivity index (χ2n) is 5.50. The molecular weight excluding hydrogens is 286 g/mol. The summed E-state index contributed by atoms with van der Waals surface area (Å²) >= 11 is 0. The Bertz CT molecular complexity index is 590. The van der Waals surface area contributed by atoms with Crippen molar-refractivity contribution in [3.05, 3.63) is 11.3 Å². The predicted octanol–water partition coefficient (Wildman–Crippen LogP) is 0.0992. The summed E-state index contributed by atoms with van der Waals surface area (Å²) in [6.45, 7) is 4.67. The van der Waals surface area contributed by atoms with Gasteiger partial charge in [-0.05, 0) is 19.8 Å². The summed E-state index contributed by atoms with van der Waals surface area (Å²) in [7, 11) is 0. The molecular formula is C14H21N5O3. The topological polar surface area (TPSA) is 121 Å². The molecule has 1 saturated heterocycles. The van der Waals surface area contributed by atoms with Gasteiger partial charge < -0.3 is 21.1 Å². The van der Waals surface area contributed by atoms with Crippen molar-refractivity contribution >= 4 is 23.6 Å². The minimum absolute atomic E-state index is 0.0179. The normalized spacial score (nSPS) is 17.5. The fraction of sp³-hybridized carbons (Fsp3) is 0.571. The molecule has 0 radical (unpaired) electrons. The number of amides is 1. The first-order valence-electron chi connectivity index (χ1n) is 7.23. The van der Waals surface area contributed by atoms with Crippen molar-refractivity contribution in [2.24, 2.45) is 0 Å². The summed E-state index contributed by atoms with van der Waals surface area (Å²) in [5.41, 5.74) is 7.24. The molecule has 0 aliphatic carbocycles. The minimum Gasteiger partial charge on any atom is -0.481 e. The third-order valence-corrected chi connectivity index (χ3v) is 3.69. The minimum atomic E-state index is -0.861. The summed E-state index contributed by atoms with van der Waals surface area (Å²) in [6.07, 6.45) is 1.20. The van der Waals surface area contributed by atoms with E-state index in [1.807, 2.05) is 4.90 Å². The monoisotopic (exact) mass is 307 g/mol. The van der Waals surface area contributed by atoms with E-state index in [1.54, 1.807) is 6.92 Å². The number of carboxylic acid groups (broad SMARTS) is 1. The average Bonchev–Trinajstić information content (AvgIpc) is 2.84. The lowest BCUT2D eigenvalue weighted by Gasteiger charge is -2.22. The first-order valence-corrected chi connectivity index (χ1v) is 7.23. The molecule has 0 spiro atoms. The van der Waals surface area contributed by atoms with Crippen LogP contribution in [0.3, 0.4) is 0 Å². The molecule has 0 saturated carbocycles. The Labute approximate surface area is 128 Å². The maximum atomic E-state index is 11.2. The maximum Gasteiger partial charge on any atom is 0.303 e. The lowest BCUT2D eigenvalue weighted by atomic mass is 10.1. The van der Waals surface area contributed by atoms with Crippen LogP contribution in [-0.4, -0.2) is 46.1 Å². The Kier molecular flexibility index (Phi) is 4.79. The van der Waals surface area contributed by atoms with E-state index < -0.39 is 5.97 Å². The Morgan fingerprint density at radius 2 is 2.18 bits per heavy atom. The van der Waals surface area contributed by atoms with Crippen LogP contribution in [-0.2, 0) is 16.0 Å². The van der Waals surface area contributed by atoms with E-state index >= 15 is 0 Å². The lowest BCUT2D eigenvalue weighted by Crippen LogP contribution is -2.36. The molecule has 4 N–H and O–H groups in total. The number of aryl methyl sites for hydroxylation is 1. The van der Waals surface area contributed by atoms with Gasteiger partial charge in [0.2, 0.25) is 11.9 Å². The third kappa shape index (κ3) is 3.84. The number of nitrogens with zero attached hydrogens (tertiary/aromatic N) is 3. The van der Waals surface area contributed by atoms with Crippen molar-refractivity contribution in [3.8, 4) is 0 Å². The molecule has 22 heavy (non-hydrogen) atoms. The number of carbonyl (C=O) groups is 2. The second kappa shape index (κ2) is 6.59. The number of rotatable bonds is 5. The van der Waals surface area contributed by atoms with Gasteiger partial charge in [-0.3, -0.25) is 9.59 Å². The quantitative estimate of drug-likeness (QED) is 0.705. The molecule has 8 heteroatoms. The third-order valence-electron chi connectivity index (χ3n) is 3.69. The van der Waals surface area contributed by atoms with Crippen molar-refractivity contribution in [3.63, 3.8) is 0 Å². The van der Waals surface area contributed by atoms with Gasteiger partial charge in [-0.2, -0.15) is 4.98 Å². The molecule has 8 nitrogen and oxygen atoms in total. The molecule has 1 aromatic heterocycles. The summed E-state index contributed by atoms with van der Waals surface area (Å²) in [5.74, 6) is -0.0651. The Morgan fingerprint density at radius 3 is 2.82 bits per heavy atom. The molecule has 1 atom stereocenters. The van der Waals surface area contributed by atoms with Crippen LogP contribution in [0.1, 0.15) is 31.0 Å². The number of nitrogens with one attached hydrogen (secondary N) is 1. The molecule has 120 valence electrons. The number of hydrogen-bond acceptors (Lipinski definition) is 6. The number of nitrogen functional groups attached to an aromatic ring is 1. The number of carboxylic acids is 1. The van der Waals surface area contributed by atoms with Crippen molar-refractivity contribution < 1.29 is 14.7 Å². The molecule has 1 aromatic rings. The Morgan fingerprint density at radius 1 is 1.45 bits per heavy atom. The van der Waals surface area contributed by atoms with Crippen molar-refractivity contribution in [1.82, 2.24) is 15.3 Å². The second-order valence-corrected chi connectivity index (χ2v) is 5.50. The van der Waals surface area contributed by atoms with Gasteiger partial charge in [0.05, 0.1) is 0 Å². The predicted molar refractivity (Wildman–Crippen MR) is 81.6 cm³/mol. The molecule has 1 aliphatic rings. The molecule has 0 unspecified atom stereocenters. The highest BCUT2D eigenvalue weighted by Gasteiger charge is 2.27. The van der Waals surface area contributed by atoms with Crippen LogP contribution in [0.5, 0.6) is 0 Å². The highest BCUT2D eigenvalue weighted by atomic mass is 16.4. The summed E-state index contributed by atoms with van der Waals surface area (Å²) < 4.78 is 0. The molecule has 2 heterocycles. The molecule has 0 aromatic carbocycles. The van der Waals surface area contributed by atoms with Gasteiger partial charge in [0.15, 0.2) is 0 Å². The average molecular weight is 307 g/mol.